The summed E-state index contributed by atoms with van der Waals surface area (Å²) in [5.74, 6) is 1.11. The van der Waals surface area contributed by atoms with Crippen molar-refractivity contribution in [2.24, 2.45) is 17.3 Å². The lowest BCUT2D eigenvalue weighted by molar-refractivity contribution is -0.118. The number of likely N-dealkylation sites (tertiary alicyclic amines) is 1. The highest BCUT2D eigenvalue weighted by molar-refractivity contribution is 5.98. The Bertz CT molecular complexity index is 737. The number of halogens is 1. The number of carbonyl (C=O) groups is 2. The van der Waals surface area contributed by atoms with Crippen molar-refractivity contribution < 1.29 is 9.59 Å². The van der Waals surface area contributed by atoms with Crippen LogP contribution < -0.4 is 10.6 Å². The first-order valence-corrected chi connectivity index (χ1v) is 10.4. The van der Waals surface area contributed by atoms with Gasteiger partial charge in [0, 0.05) is 30.3 Å². The summed E-state index contributed by atoms with van der Waals surface area (Å²) in [6.45, 7) is 7.95. The van der Waals surface area contributed by atoms with Crippen molar-refractivity contribution in [3.05, 3.63) is 29.3 Å². The van der Waals surface area contributed by atoms with E-state index in [9.17, 15) is 9.59 Å². The van der Waals surface area contributed by atoms with Crippen LogP contribution in [-0.2, 0) is 4.79 Å². The Kier molecular flexibility index (Phi) is 6.35. The van der Waals surface area contributed by atoms with Gasteiger partial charge in [-0.2, -0.15) is 0 Å². The molecule has 6 heteroatoms. The van der Waals surface area contributed by atoms with E-state index in [0.717, 1.165) is 75.1 Å². The van der Waals surface area contributed by atoms with Crippen LogP contribution in [0, 0.1) is 24.2 Å². The number of carbonyl (C=O) groups excluding carboxylic acids is 2. The lowest BCUT2D eigenvalue weighted by Crippen LogP contribution is -2.37. The van der Waals surface area contributed by atoms with E-state index >= 15 is 0 Å². The number of amides is 2. The molecule has 3 aliphatic rings. The molecular formula is C22H32ClN3O2. The fourth-order valence-electron chi connectivity index (χ4n) is 4.75. The Morgan fingerprint density at radius 3 is 2.50 bits per heavy atom. The highest BCUT2D eigenvalue weighted by Gasteiger charge is 2.57. The van der Waals surface area contributed by atoms with Crippen LogP contribution >= 0.6 is 12.4 Å². The molecule has 1 aromatic carbocycles. The number of aryl methyl sites for hydroxylation is 1. The number of hydrogen-bond acceptors (Lipinski definition) is 3. The van der Waals surface area contributed by atoms with Gasteiger partial charge in [0.2, 0.25) is 5.91 Å². The molecule has 3 fully saturated rings. The molecule has 2 aliphatic heterocycles. The lowest BCUT2D eigenvalue weighted by atomic mass is 9.91. The Labute approximate surface area is 174 Å². The van der Waals surface area contributed by atoms with Gasteiger partial charge >= 0.3 is 0 Å². The first-order valence-electron chi connectivity index (χ1n) is 10.4. The lowest BCUT2D eigenvalue weighted by Gasteiger charge is -2.30. The first-order chi connectivity index (χ1) is 13.0. The zero-order chi connectivity index (χ0) is 19.0. The summed E-state index contributed by atoms with van der Waals surface area (Å²) >= 11 is 0. The summed E-state index contributed by atoms with van der Waals surface area (Å²) < 4.78 is 0. The zero-order valence-electron chi connectivity index (χ0n) is 16.9. The van der Waals surface area contributed by atoms with E-state index in [1.165, 1.54) is 0 Å². The second-order valence-electron chi connectivity index (χ2n) is 8.86. The molecule has 4 rings (SSSR count). The molecular weight excluding hydrogens is 374 g/mol. The Morgan fingerprint density at radius 2 is 1.86 bits per heavy atom. The quantitative estimate of drug-likeness (QED) is 0.807. The standard InChI is InChI=1S/C22H31N3O2.ClH/c1-15-5-11-25(12-6-15)21(27)17-3-4-19(16(2)13-17)24-20(26)18-14-22(18)7-9-23-10-8-22;/h3-4,13,15,18,23H,5-12,14H2,1-2H3,(H,24,26);1H. The highest BCUT2D eigenvalue weighted by Crippen LogP contribution is 2.58. The van der Waals surface area contributed by atoms with Gasteiger partial charge in [0.1, 0.15) is 0 Å². The van der Waals surface area contributed by atoms with E-state index < -0.39 is 0 Å². The van der Waals surface area contributed by atoms with E-state index in [-0.39, 0.29) is 35.6 Å². The smallest absolute Gasteiger partial charge is 0.253 e. The summed E-state index contributed by atoms with van der Waals surface area (Å²) in [5, 5.41) is 6.49. The number of anilines is 1. The molecule has 1 unspecified atom stereocenters. The molecule has 5 nitrogen and oxygen atoms in total. The molecule has 154 valence electrons. The van der Waals surface area contributed by atoms with Crippen molar-refractivity contribution >= 4 is 29.9 Å². The van der Waals surface area contributed by atoms with Crippen molar-refractivity contribution in [1.82, 2.24) is 10.2 Å². The molecule has 2 amide bonds. The summed E-state index contributed by atoms with van der Waals surface area (Å²) in [6, 6.07) is 5.67. The predicted octanol–water partition coefficient (Wildman–Crippen LogP) is 3.62. The number of hydrogen-bond donors (Lipinski definition) is 2. The molecule has 2 N–H and O–H groups in total. The second kappa shape index (κ2) is 8.42. The van der Waals surface area contributed by atoms with Crippen molar-refractivity contribution in [1.29, 1.82) is 0 Å². The number of piperidine rings is 2. The third kappa shape index (κ3) is 4.20. The first kappa shape index (κ1) is 21.1. The van der Waals surface area contributed by atoms with Gasteiger partial charge in [-0.1, -0.05) is 6.92 Å². The maximum atomic E-state index is 12.7. The summed E-state index contributed by atoms with van der Waals surface area (Å²) in [7, 11) is 0. The largest absolute Gasteiger partial charge is 0.339 e. The maximum Gasteiger partial charge on any atom is 0.253 e. The third-order valence-corrected chi connectivity index (χ3v) is 6.91. The van der Waals surface area contributed by atoms with Crippen molar-refractivity contribution in [2.45, 2.75) is 46.0 Å². The highest BCUT2D eigenvalue weighted by atomic mass is 35.5. The van der Waals surface area contributed by atoms with Gasteiger partial charge in [0.25, 0.3) is 5.91 Å². The molecule has 0 radical (unpaired) electrons. The number of rotatable bonds is 3. The van der Waals surface area contributed by atoms with Crippen molar-refractivity contribution in [3.63, 3.8) is 0 Å². The minimum absolute atomic E-state index is 0. The molecule has 0 bridgehead atoms. The van der Waals surface area contributed by atoms with E-state index in [2.05, 4.69) is 17.6 Å². The summed E-state index contributed by atoms with van der Waals surface area (Å²) in [6.07, 6.45) is 5.39. The predicted molar refractivity (Wildman–Crippen MR) is 114 cm³/mol. The van der Waals surface area contributed by atoms with Crippen LogP contribution in [0.15, 0.2) is 18.2 Å². The Morgan fingerprint density at radius 1 is 1.18 bits per heavy atom. The molecule has 1 aliphatic carbocycles. The molecule has 2 saturated heterocycles. The number of nitrogens with one attached hydrogen (secondary N) is 2. The molecule has 1 saturated carbocycles. The molecule has 28 heavy (non-hydrogen) atoms. The van der Waals surface area contributed by atoms with Crippen molar-refractivity contribution in [2.75, 3.05) is 31.5 Å². The van der Waals surface area contributed by atoms with Crippen LogP contribution in [0.1, 0.15) is 54.9 Å². The molecule has 1 spiro atoms. The Balaban J connectivity index is 0.00000225. The van der Waals surface area contributed by atoms with Crippen LogP contribution in [0.5, 0.6) is 0 Å². The second-order valence-corrected chi connectivity index (χ2v) is 8.86. The fourth-order valence-corrected chi connectivity index (χ4v) is 4.75. The van der Waals surface area contributed by atoms with Gasteiger partial charge < -0.3 is 15.5 Å². The normalized spacial score (nSPS) is 23.8. The Hall–Kier alpha value is -1.59. The monoisotopic (exact) mass is 405 g/mol. The molecule has 1 atom stereocenters. The van der Waals surface area contributed by atoms with Gasteiger partial charge in [0.05, 0.1) is 0 Å². The minimum Gasteiger partial charge on any atom is -0.339 e. The zero-order valence-corrected chi connectivity index (χ0v) is 17.7. The average molecular weight is 406 g/mol. The van der Waals surface area contributed by atoms with Gasteiger partial charge in [-0.25, -0.2) is 0 Å². The third-order valence-electron chi connectivity index (χ3n) is 6.91. The van der Waals surface area contributed by atoms with E-state index in [1.54, 1.807) is 0 Å². The van der Waals surface area contributed by atoms with E-state index in [1.807, 2.05) is 30.0 Å². The molecule has 1 aromatic rings. The van der Waals surface area contributed by atoms with Crippen LogP contribution in [0.4, 0.5) is 5.69 Å². The van der Waals surface area contributed by atoms with Gasteiger partial charge in [-0.15, -0.1) is 12.4 Å². The fraction of sp³-hybridized carbons (Fsp3) is 0.636. The average Bonchev–Trinajstić information content (AvgIpc) is 3.37. The van der Waals surface area contributed by atoms with E-state index in [4.69, 9.17) is 0 Å². The summed E-state index contributed by atoms with van der Waals surface area (Å²) in [5.41, 5.74) is 2.76. The topological polar surface area (TPSA) is 61.4 Å². The van der Waals surface area contributed by atoms with Gasteiger partial charge in [-0.3, -0.25) is 9.59 Å². The number of nitrogens with zero attached hydrogens (tertiary/aromatic N) is 1. The maximum absolute atomic E-state index is 12.7. The van der Waals surface area contributed by atoms with Crippen LogP contribution in [0.25, 0.3) is 0 Å². The van der Waals surface area contributed by atoms with Gasteiger partial charge in [-0.05, 0) is 87.2 Å². The summed E-state index contributed by atoms with van der Waals surface area (Å²) in [4.78, 5) is 27.4. The SMILES string of the molecule is Cc1cc(C(=O)N2CCC(C)CC2)ccc1NC(=O)C1CC12CCNCC2.Cl. The van der Waals surface area contributed by atoms with Crippen molar-refractivity contribution in [3.8, 4) is 0 Å². The van der Waals surface area contributed by atoms with Crippen LogP contribution in [-0.4, -0.2) is 42.9 Å². The molecule has 0 aromatic heterocycles. The van der Waals surface area contributed by atoms with Crippen LogP contribution in [0.2, 0.25) is 0 Å². The number of benzene rings is 1. The van der Waals surface area contributed by atoms with Crippen LogP contribution in [0.3, 0.4) is 0 Å². The van der Waals surface area contributed by atoms with E-state index in [0.29, 0.717) is 5.92 Å². The molecule has 2 heterocycles. The minimum atomic E-state index is 0. The van der Waals surface area contributed by atoms with Gasteiger partial charge in [0.15, 0.2) is 0 Å².